The van der Waals surface area contributed by atoms with Crippen LogP contribution >= 0.6 is 0 Å². The maximum absolute atomic E-state index is 3.54. The van der Waals surface area contributed by atoms with E-state index in [2.05, 4.69) is 51.8 Å². The van der Waals surface area contributed by atoms with E-state index in [1.807, 2.05) is 0 Å². The Hall–Kier alpha value is -0.0800. The summed E-state index contributed by atoms with van der Waals surface area (Å²) in [6, 6.07) is 0.765. The van der Waals surface area contributed by atoms with E-state index < -0.39 is 0 Å². The molecule has 0 atom stereocenters. The smallest absolute Gasteiger partial charge is 0.0281 e. The Kier molecular flexibility index (Phi) is 3.57. The minimum atomic E-state index is 0.312. The van der Waals surface area contributed by atoms with Crippen LogP contribution in [0.4, 0.5) is 0 Å². The minimum absolute atomic E-state index is 0.312. The zero-order valence-corrected chi connectivity index (χ0v) is 13.3. The summed E-state index contributed by atoms with van der Waals surface area (Å²) < 4.78 is 0. The summed E-state index contributed by atoms with van der Waals surface area (Å²) in [7, 11) is 0. The van der Waals surface area contributed by atoms with Crippen LogP contribution in [0.1, 0.15) is 60.8 Å². The molecule has 0 amide bonds. The number of hydrogen-bond donors (Lipinski definition) is 1. The molecule has 2 heteroatoms. The van der Waals surface area contributed by atoms with Gasteiger partial charge in [-0.25, -0.2) is 0 Å². The van der Waals surface area contributed by atoms with Gasteiger partial charge in [0.05, 0.1) is 0 Å². The largest absolute Gasteiger partial charge is 0.314 e. The van der Waals surface area contributed by atoms with Crippen LogP contribution in [-0.4, -0.2) is 36.1 Å². The van der Waals surface area contributed by atoms with Crippen molar-refractivity contribution in [2.75, 3.05) is 19.6 Å². The van der Waals surface area contributed by atoms with Crippen LogP contribution in [0.3, 0.4) is 0 Å². The molecule has 106 valence electrons. The van der Waals surface area contributed by atoms with Gasteiger partial charge in [-0.15, -0.1) is 0 Å². The summed E-state index contributed by atoms with van der Waals surface area (Å²) in [6.07, 6.45) is 4.09. The van der Waals surface area contributed by atoms with Crippen LogP contribution in [0, 0.1) is 10.8 Å². The van der Waals surface area contributed by atoms with E-state index in [1.54, 1.807) is 0 Å². The van der Waals surface area contributed by atoms with Crippen LogP contribution < -0.4 is 5.32 Å². The summed E-state index contributed by atoms with van der Waals surface area (Å²) >= 11 is 0. The van der Waals surface area contributed by atoms with Gasteiger partial charge < -0.3 is 5.32 Å². The molecule has 1 heterocycles. The highest BCUT2D eigenvalue weighted by molar-refractivity contribution is 4.99. The van der Waals surface area contributed by atoms with Crippen LogP contribution in [0.25, 0.3) is 0 Å². The molecule has 1 aliphatic heterocycles. The summed E-state index contributed by atoms with van der Waals surface area (Å²) in [5, 5.41) is 3.54. The lowest BCUT2D eigenvalue weighted by atomic mass is 9.63. The van der Waals surface area contributed by atoms with E-state index in [-0.39, 0.29) is 0 Å². The van der Waals surface area contributed by atoms with Crippen molar-refractivity contribution in [3.8, 4) is 0 Å². The van der Waals surface area contributed by atoms with Crippen LogP contribution in [0.5, 0.6) is 0 Å². The number of piperazine rings is 1. The van der Waals surface area contributed by atoms with Crippen molar-refractivity contribution in [3.05, 3.63) is 0 Å². The maximum Gasteiger partial charge on any atom is 0.0281 e. The Labute approximate surface area is 114 Å². The second-order valence-electron chi connectivity index (χ2n) is 8.75. The molecule has 0 radical (unpaired) electrons. The van der Waals surface area contributed by atoms with Gasteiger partial charge >= 0.3 is 0 Å². The van der Waals surface area contributed by atoms with Gasteiger partial charge in [-0.2, -0.15) is 0 Å². The monoisotopic (exact) mass is 252 g/mol. The molecule has 0 aromatic rings. The molecule has 2 rings (SSSR count). The van der Waals surface area contributed by atoms with E-state index in [0.717, 1.165) is 19.1 Å². The lowest BCUT2D eigenvalue weighted by Gasteiger charge is -2.54. The lowest BCUT2D eigenvalue weighted by molar-refractivity contribution is -0.0318. The molecule has 1 saturated heterocycles. The number of rotatable bonds is 1. The first-order chi connectivity index (χ1) is 8.11. The fraction of sp³-hybridized carbons (Fsp3) is 1.00. The highest BCUT2D eigenvalue weighted by atomic mass is 15.3. The van der Waals surface area contributed by atoms with E-state index in [4.69, 9.17) is 0 Å². The maximum atomic E-state index is 3.54. The fourth-order valence-corrected chi connectivity index (χ4v) is 4.68. The summed E-state index contributed by atoms with van der Waals surface area (Å²) in [6.45, 7) is 18.1. The number of hydrogen-bond acceptors (Lipinski definition) is 2. The Morgan fingerprint density at radius 3 is 2.00 bits per heavy atom. The van der Waals surface area contributed by atoms with Gasteiger partial charge in [0.15, 0.2) is 0 Å². The predicted octanol–water partition coefficient (Wildman–Crippen LogP) is 3.28. The Bertz CT molecular complexity index is 288. The topological polar surface area (TPSA) is 15.3 Å². The molecular weight excluding hydrogens is 220 g/mol. The highest BCUT2D eigenvalue weighted by Crippen LogP contribution is 2.48. The molecule has 18 heavy (non-hydrogen) atoms. The molecule has 0 aromatic heterocycles. The quantitative estimate of drug-likeness (QED) is 0.770. The van der Waals surface area contributed by atoms with Gasteiger partial charge in [0, 0.05) is 31.2 Å². The Morgan fingerprint density at radius 1 is 0.944 bits per heavy atom. The Balaban J connectivity index is 2.16. The van der Waals surface area contributed by atoms with Crippen molar-refractivity contribution < 1.29 is 0 Å². The molecular formula is C16H32N2. The number of nitrogens with one attached hydrogen (secondary N) is 1. The molecule has 0 spiro atoms. The lowest BCUT2D eigenvalue weighted by Crippen LogP contribution is -2.63. The van der Waals surface area contributed by atoms with E-state index in [1.165, 1.54) is 25.8 Å². The van der Waals surface area contributed by atoms with Crippen LogP contribution in [0.2, 0.25) is 0 Å². The van der Waals surface area contributed by atoms with E-state index >= 15 is 0 Å². The zero-order valence-electron chi connectivity index (χ0n) is 13.3. The second kappa shape index (κ2) is 4.49. The van der Waals surface area contributed by atoms with E-state index in [9.17, 15) is 0 Å². The van der Waals surface area contributed by atoms with Crippen LogP contribution in [0.15, 0.2) is 0 Å². The van der Waals surface area contributed by atoms with Crippen molar-refractivity contribution in [1.82, 2.24) is 10.2 Å². The van der Waals surface area contributed by atoms with Crippen molar-refractivity contribution >= 4 is 0 Å². The van der Waals surface area contributed by atoms with Crippen molar-refractivity contribution in [1.29, 1.82) is 0 Å². The van der Waals surface area contributed by atoms with E-state index in [0.29, 0.717) is 16.4 Å². The third-order valence-corrected chi connectivity index (χ3v) is 4.84. The molecule has 0 bridgehead atoms. The first kappa shape index (κ1) is 14.3. The molecule has 1 aliphatic carbocycles. The molecule has 1 N–H and O–H groups in total. The zero-order chi connectivity index (χ0) is 13.6. The molecule has 2 aliphatic rings. The van der Waals surface area contributed by atoms with Crippen molar-refractivity contribution in [2.24, 2.45) is 10.8 Å². The average Bonchev–Trinajstić information content (AvgIpc) is 2.11. The molecule has 0 unspecified atom stereocenters. The highest BCUT2D eigenvalue weighted by Gasteiger charge is 2.44. The third-order valence-electron chi connectivity index (χ3n) is 4.84. The summed E-state index contributed by atoms with van der Waals surface area (Å²) in [4.78, 5) is 2.78. The van der Waals surface area contributed by atoms with Crippen LogP contribution in [-0.2, 0) is 0 Å². The predicted molar refractivity (Wildman–Crippen MR) is 78.9 cm³/mol. The van der Waals surface area contributed by atoms with Gasteiger partial charge in [-0.05, 0) is 43.9 Å². The summed E-state index contributed by atoms with van der Waals surface area (Å²) in [5.74, 6) is 0. The van der Waals surface area contributed by atoms with Gasteiger partial charge in [0.2, 0.25) is 0 Å². The van der Waals surface area contributed by atoms with Crippen molar-refractivity contribution in [2.45, 2.75) is 72.4 Å². The SMILES string of the molecule is CC1(C)CC(N2CCNCC2(C)C)CC(C)(C)C1. The van der Waals surface area contributed by atoms with Gasteiger partial charge in [0.1, 0.15) is 0 Å². The van der Waals surface area contributed by atoms with Gasteiger partial charge in [-0.1, -0.05) is 27.7 Å². The normalized spacial score (nSPS) is 32.3. The molecule has 1 saturated carbocycles. The van der Waals surface area contributed by atoms with Gasteiger partial charge in [-0.3, -0.25) is 4.90 Å². The first-order valence-electron chi connectivity index (χ1n) is 7.59. The number of nitrogens with zero attached hydrogens (tertiary/aromatic N) is 1. The Morgan fingerprint density at radius 2 is 1.50 bits per heavy atom. The first-order valence-corrected chi connectivity index (χ1v) is 7.59. The molecule has 2 fully saturated rings. The average molecular weight is 252 g/mol. The van der Waals surface area contributed by atoms with Crippen molar-refractivity contribution in [3.63, 3.8) is 0 Å². The minimum Gasteiger partial charge on any atom is -0.314 e. The summed E-state index contributed by atoms with van der Waals surface area (Å²) in [5.41, 5.74) is 1.30. The molecule has 2 nitrogen and oxygen atoms in total. The third kappa shape index (κ3) is 3.08. The van der Waals surface area contributed by atoms with Gasteiger partial charge in [0.25, 0.3) is 0 Å². The standard InChI is InChI=1S/C16H32N2/c1-14(2)9-13(10-15(3,4)11-14)18-8-7-17-12-16(18,5)6/h13,17H,7-12H2,1-6H3. The fourth-order valence-electron chi connectivity index (χ4n) is 4.68. The second-order valence-corrected chi connectivity index (χ2v) is 8.75. The molecule has 0 aromatic carbocycles.